The molecule has 1 aliphatic heterocycles. The van der Waals surface area contributed by atoms with Gasteiger partial charge in [0.2, 0.25) is 0 Å². The van der Waals surface area contributed by atoms with Crippen molar-refractivity contribution in [2.75, 3.05) is 6.61 Å². The molecule has 0 radical (unpaired) electrons. The van der Waals surface area contributed by atoms with Gasteiger partial charge in [0.15, 0.2) is 0 Å². The summed E-state index contributed by atoms with van der Waals surface area (Å²) in [6.07, 6.45) is -0.348. The molecule has 0 bridgehead atoms. The van der Waals surface area contributed by atoms with Crippen LogP contribution in [0.3, 0.4) is 0 Å². The maximum absolute atomic E-state index is 12.0. The number of aryl methyl sites for hydroxylation is 1. The standard InChI is InChI=1S/C17H19N3O7/c1-10-7-19(17(23)18-16(10)22)15-6-13(14(8-21)27-15)26-9-11-4-2-3-5-12(11)20(24)25/h2-5,7,13-15,21H,6,8-9H2,1H3,(H,18,22,23)/t13-,14+,15+/m0/s1. The molecule has 3 rings (SSSR count). The van der Waals surface area contributed by atoms with E-state index in [1.165, 1.54) is 16.8 Å². The fourth-order valence-corrected chi connectivity index (χ4v) is 3.02. The Labute approximate surface area is 153 Å². The van der Waals surface area contributed by atoms with Crippen LogP contribution in [0.2, 0.25) is 0 Å². The van der Waals surface area contributed by atoms with Crippen LogP contribution in [-0.4, -0.2) is 38.4 Å². The van der Waals surface area contributed by atoms with Crippen molar-refractivity contribution in [1.82, 2.24) is 9.55 Å². The number of aliphatic hydroxyl groups is 1. The fraction of sp³-hybridized carbons (Fsp3) is 0.412. The highest BCUT2D eigenvalue weighted by Crippen LogP contribution is 2.31. The summed E-state index contributed by atoms with van der Waals surface area (Å²) >= 11 is 0. The summed E-state index contributed by atoms with van der Waals surface area (Å²) in [4.78, 5) is 36.3. The smallest absolute Gasteiger partial charge is 0.330 e. The van der Waals surface area contributed by atoms with Crippen molar-refractivity contribution in [2.24, 2.45) is 0 Å². The molecule has 0 saturated carbocycles. The van der Waals surface area contributed by atoms with Crippen molar-refractivity contribution in [3.05, 3.63) is 72.5 Å². The fourth-order valence-electron chi connectivity index (χ4n) is 3.02. The highest BCUT2D eigenvalue weighted by molar-refractivity contribution is 5.39. The second-order valence-corrected chi connectivity index (χ2v) is 6.26. The Kier molecular flexibility index (Phi) is 5.49. The molecule has 1 aromatic heterocycles. The third kappa shape index (κ3) is 3.97. The van der Waals surface area contributed by atoms with Gasteiger partial charge < -0.3 is 14.6 Å². The maximum Gasteiger partial charge on any atom is 0.330 e. The van der Waals surface area contributed by atoms with Crippen molar-refractivity contribution < 1.29 is 19.5 Å². The number of nitrogens with zero attached hydrogens (tertiary/aromatic N) is 2. The topological polar surface area (TPSA) is 137 Å². The molecule has 1 aromatic carbocycles. The number of nitro groups is 1. The van der Waals surface area contributed by atoms with Crippen LogP contribution in [0.1, 0.15) is 23.8 Å². The summed E-state index contributed by atoms with van der Waals surface area (Å²) in [5, 5.41) is 20.6. The first-order chi connectivity index (χ1) is 12.9. The Morgan fingerprint density at radius 3 is 2.85 bits per heavy atom. The number of aromatic nitrogens is 2. The lowest BCUT2D eigenvalue weighted by molar-refractivity contribution is -0.386. The minimum Gasteiger partial charge on any atom is -0.394 e. The maximum atomic E-state index is 12.0. The molecule has 2 N–H and O–H groups in total. The molecule has 144 valence electrons. The lowest BCUT2D eigenvalue weighted by Crippen LogP contribution is -2.33. The average molecular weight is 377 g/mol. The molecule has 3 atom stereocenters. The molecule has 27 heavy (non-hydrogen) atoms. The summed E-state index contributed by atoms with van der Waals surface area (Å²) in [6.45, 7) is 1.19. The van der Waals surface area contributed by atoms with E-state index in [-0.39, 0.29) is 25.3 Å². The molecule has 1 aliphatic rings. The zero-order chi connectivity index (χ0) is 19.6. The zero-order valence-corrected chi connectivity index (χ0v) is 14.5. The molecule has 1 fully saturated rings. The highest BCUT2D eigenvalue weighted by atomic mass is 16.6. The first kappa shape index (κ1) is 19.0. The number of benzene rings is 1. The van der Waals surface area contributed by atoms with E-state index in [4.69, 9.17) is 9.47 Å². The van der Waals surface area contributed by atoms with Crippen LogP contribution in [0.15, 0.2) is 40.1 Å². The van der Waals surface area contributed by atoms with Crippen LogP contribution in [0.25, 0.3) is 0 Å². The van der Waals surface area contributed by atoms with Crippen LogP contribution in [0, 0.1) is 17.0 Å². The second kappa shape index (κ2) is 7.82. The summed E-state index contributed by atoms with van der Waals surface area (Å²) in [5.41, 5.74) is -0.396. The van der Waals surface area contributed by atoms with E-state index in [0.717, 1.165) is 0 Å². The first-order valence-corrected chi connectivity index (χ1v) is 8.33. The molecule has 2 heterocycles. The Hall–Kier alpha value is -2.82. The summed E-state index contributed by atoms with van der Waals surface area (Å²) in [6, 6.07) is 6.22. The van der Waals surface area contributed by atoms with Gasteiger partial charge in [-0.15, -0.1) is 0 Å². The zero-order valence-electron chi connectivity index (χ0n) is 14.5. The number of H-pyrrole nitrogens is 1. The largest absolute Gasteiger partial charge is 0.394 e. The molecule has 10 nitrogen and oxygen atoms in total. The highest BCUT2D eigenvalue weighted by Gasteiger charge is 2.37. The van der Waals surface area contributed by atoms with Gasteiger partial charge in [0.05, 0.1) is 29.8 Å². The minimum absolute atomic E-state index is 0.0338. The van der Waals surface area contributed by atoms with Crippen molar-refractivity contribution >= 4 is 5.69 Å². The minimum atomic E-state index is -0.721. The predicted molar refractivity (Wildman–Crippen MR) is 93.3 cm³/mol. The van der Waals surface area contributed by atoms with E-state index in [1.54, 1.807) is 25.1 Å². The number of nitrogens with one attached hydrogen (secondary N) is 1. The molecule has 2 aromatic rings. The molecule has 0 amide bonds. The molecule has 10 heteroatoms. The van der Waals surface area contributed by atoms with E-state index in [2.05, 4.69) is 4.98 Å². The molecule has 0 spiro atoms. The van der Waals surface area contributed by atoms with Gasteiger partial charge in [-0.25, -0.2) is 4.79 Å². The summed E-state index contributed by atoms with van der Waals surface area (Å²) in [7, 11) is 0. The van der Waals surface area contributed by atoms with Gasteiger partial charge in [-0.05, 0) is 13.0 Å². The predicted octanol–water partition coefficient (Wildman–Crippen LogP) is 0.618. The van der Waals surface area contributed by atoms with E-state index >= 15 is 0 Å². The number of nitro benzene ring substituents is 1. The number of hydrogen-bond donors (Lipinski definition) is 2. The van der Waals surface area contributed by atoms with Crippen LogP contribution < -0.4 is 11.2 Å². The number of ether oxygens (including phenoxy) is 2. The average Bonchev–Trinajstić information content (AvgIpc) is 3.06. The number of rotatable bonds is 6. The molecule has 0 unspecified atom stereocenters. The number of para-hydroxylation sites is 1. The monoisotopic (exact) mass is 377 g/mol. The Morgan fingerprint density at radius 1 is 1.41 bits per heavy atom. The summed E-state index contributed by atoms with van der Waals surface area (Å²) in [5.74, 6) is 0. The van der Waals surface area contributed by atoms with Crippen LogP contribution in [0.4, 0.5) is 5.69 Å². The van der Waals surface area contributed by atoms with Crippen molar-refractivity contribution in [3.63, 3.8) is 0 Å². The molecule has 1 saturated heterocycles. The van der Waals surface area contributed by atoms with Gasteiger partial charge in [-0.1, -0.05) is 12.1 Å². The van der Waals surface area contributed by atoms with Crippen molar-refractivity contribution in [1.29, 1.82) is 0 Å². The van der Waals surface area contributed by atoms with Gasteiger partial charge in [0, 0.05) is 24.2 Å². The van der Waals surface area contributed by atoms with E-state index < -0.39 is 34.6 Å². The molecular formula is C17H19N3O7. The number of aromatic amines is 1. The van der Waals surface area contributed by atoms with E-state index in [0.29, 0.717) is 11.1 Å². The SMILES string of the molecule is Cc1cn([C@H]2C[C@H](OCc3ccccc3[N+](=O)[O-])[C@@H](CO)O2)c(=O)[nH]c1=O. The normalized spacial score (nSPS) is 22.1. The quantitative estimate of drug-likeness (QED) is 0.556. The Balaban J connectivity index is 1.76. The van der Waals surface area contributed by atoms with E-state index in [9.17, 15) is 24.8 Å². The van der Waals surface area contributed by atoms with Gasteiger partial charge in [-0.2, -0.15) is 0 Å². The second-order valence-electron chi connectivity index (χ2n) is 6.26. The van der Waals surface area contributed by atoms with Gasteiger partial charge in [-0.3, -0.25) is 24.5 Å². The first-order valence-electron chi connectivity index (χ1n) is 8.33. The third-order valence-corrected chi connectivity index (χ3v) is 4.46. The van der Waals surface area contributed by atoms with Gasteiger partial charge >= 0.3 is 5.69 Å². The molecule has 0 aliphatic carbocycles. The van der Waals surface area contributed by atoms with Crippen molar-refractivity contribution in [3.8, 4) is 0 Å². The third-order valence-electron chi connectivity index (χ3n) is 4.46. The summed E-state index contributed by atoms with van der Waals surface area (Å²) < 4.78 is 12.7. The van der Waals surface area contributed by atoms with Crippen LogP contribution in [-0.2, 0) is 16.1 Å². The lowest BCUT2D eigenvalue weighted by atomic mass is 10.1. The van der Waals surface area contributed by atoms with E-state index in [1.807, 2.05) is 0 Å². The molecular weight excluding hydrogens is 358 g/mol. The number of hydrogen-bond acceptors (Lipinski definition) is 7. The van der Waals surface area contributed by atoms with Crippen molar-refractivity contribution in [2.45, 2.75) is 38.4 Å². The number of aliphatic hydroxyl groups excluding tert-OH is 1. The Bertz CT molecular complexity index is 952. The van der Waals surface area contributed by atoms with Gasteiger partial charge in [0.1, 0.15) is 12.3 Å². The van der Waals surface area contributed by atoms with Gasteiger partial charge in [0.25, 0.3) is 11.2 Å². The van der Waals surface area contributed by atoms with Crippen LogP contribution >= 0.6 is 0 Å². The Morgan fingerprint density at radius 2 is 2.15 bits per heavy atom. The lowest BCUT2D eigenvalue weighted by Gasteiger charge is -2.16. The van der Waals surface area contributed by atoms with Crippen LogP contribution in [0.5, 0.6) is 0 Å².